The molecule has 0 spiro atoms. The van der Waals surface area contributed by atoms with Gasteiger partial charge in [-0.05, 0) is 25.3 Å². The average molecular weight is 244 g/mol. The van der Waals surface area contributed by atoms with Crippen LogP contribution in [0.15, 0.2) is 0 Å². The highest BCUT2D eigenvalue weighted by Crippen LogP contribution is 2.22. The van der Waals surface area contributed by atoms with Gasteiger partial charge in [0.05, 0.1) is 6.67 Å². The molecule has 0 aromatic rings. The highest BCUT2D eigenvalue weighted by atomic mass is 32.2. The molecular weight excluding hydrogens is 224 g/mol. The Kier molecular flexibility index (Phi) is 4.29. The largest absolute Gasteiger partial charge is 0.344 e. The summed E-state index contributed by atoms with van der Waals surface area (Å²) in [6.07, 6.45) is 4.12. The van der Waals surface area contributed by atoms with Crippen molar-refractivity contribution < 1.29 is 0 Å². The van der Waals surface area contributed by atoms with E-state index in [1.807, 2.05) is 11.8 Å². The topological polar surface area (TPSA) is 6.48 Å². The Balaban J connectivity index is 1.80. The molecule has 2 aliphatic rings. The summed E-state index contributed by atoms with van der Waals surface area (Å²) in [5, 5.41) is 0. The summed E-state index contributed by atoms with van der Waals surface area (Å²) < 4.78 is 1.11. The zero-order chi connectivity index (χ0) is 10.7. The summed E-state index contributed by atoms with van der Waals surface area (Å²) in [5.74, 6) is 2.10. The quantitative estimate of drug-likeness (QED) is 0.703. The van der Waals surface area contributed by atoms with Gasteiger partial charge in [0.2, 0.25) is 0 Å². The number of rotatable bonds is 3. The van der Waals surface area contributed by atoms with Crippen LogP contribution < -0.4 is 0 Å². The molecule has 2 saturated heterocycles. The third kappa shape index (κ3) is 3.08. The molecule has 0 saturated carbocycles. The summed E-state index contributed by atoms with van der Waals surface area (Å²) in [6, 6.07) is 0. The fourth-order valence-electron chi connectivity index (χ4n) is 2.41. The van der Waals surface area contributed by atoms with Crippen LogP contribution in [0.4, 0.5) is 0 Å². The zero-order valence-corrected chi connectivity index (χ0v) is 11.1. The Bertz CT molecular complexity index is 233. The number of nitrogens with zero attached hydrogens (tertiary/aromatic N) is 2. The first-order chi connectivity index (χ1) is 7.29. The van der Waals surface area contributed by atoms with Gasteiger partial charge in [-0.15, -0.1) is 0 Å². The molecule has 4 heteroatoms. The maximum atomic E-state index is 5.33. The van der Waals surface area contributed by atoms with Crippen molar-refractivity contribution in [3.05, 3.63) is 0 Å². The van der Waals surface area contributed by atoms with Crippen molar-refractivity contribution in [3.8, 4) is 0 Å². The van der Waals surface area contributed by atoms with Crippen LogP contribution in [0.1, 0.15) is 26.2 Å². The van der Waals surface area contributed by atoms with E-state index in [-0.39, 0.29) is 0 Å². The Morgan fingerprint density at radius 1 is 1.47 bits per heavy atom. The van der Waals surface area contributed by atoms with Crippen LogP contribution in [0.5, 0.6) is 0 Å². The van der Waals surface area contributed by atoms with Crippen molar-refractivity contribution in [2.24, 2.45) is 5.92 Å². The zero-order valence-electron chi connectivity index (χ0n) is 9.45. The Hall–Kier alpha value is 0.200. The minimum Gasteiger partial charge on any atom is -0.344 e. The molecule has 86 valence electrons. The molecule has 1 atom stereocenters. The van der Waals surface area contributed by atoms with Crippen LogP contribution in [-0.2, 0) is 0 Å². The van der Waals surface area contributed by atoms with Gasteiger partial charge >= 0.3 is 0 Å². The van der Waals surface area contributed by atoms with E-state index in [0.717, 1.165) is 23.5 Å². The molecule has 2 aliphatic heterocycles. The van der Waals surface area contributed by atoms with E-state index in [2.05, 4.69) is 16.7 Å². The molecule has 1 unspecified atom stereocenters. The molecule has 0 aliphatic carbocycles. The van der Waals surface area contributed by atoms with E-state index in [0.29, 0.717) is 0 Å². The second-order valence-electron chi connectivity index (χ2n) is 4.51. The Morgan fingerprint density at radius 3 is 3.00 bits per heavy atom. The van der Waals surface area contributed by atoms with Gasteiger partial charge in [0.15, 0.2) is 0 Å². The van der Waals surface area contributed by atoms with Crippen LogP contribution in [0.3, 0.4) is 0 Å². The normalized spacial score (nSPS) is 28.7. The second kappa shape index (κ2) is 5.51. The molecule has 15 heavy (non-hydrogen) atoms. The average Bonchev–Trinajstić information content (AvgIpc) is 2.65. The molecule has 0 radical (unpaired) electrons. The van der Waals surface area contributed by atoms with Crippen molar-refractivity contribution in [1.82, 2.24) is 9.80 Å². The van der Waals surface area contributed by atoms with Crippen LogP contribution in [-0.4, -0.2) is 46.2 Å². The fraction of sp³-hybridized carbons (Fsp3) is 0.909. The summed E-state index contributed by atoms with van der Waals surface area (Å²) >= 11 is 7.16. The van der Waals surface area contributed by atoms with Crippen molar-refractivity contribution in [2.45, 2.75) is 26.2 Å². The number of hydrogen-bond donors (Lipinski definition) is 0. The summed E-state index contributed by atoms with van der Waals surface area (Å²) in [4.78, 5) is 4.94. The van der Waals surface area contributed by atoms with Gasteiger partial charge in [-0.1, -0.05) is 37.3 Å². The van der Waals surface area contributed by atoms with E-state index in [1.165, 1.54) is 38.1 Å². The van der Waals surface area contributed by atoms with Gasteiger partial charge in [-0.2, -0.15) is 0 Å². The van der Waals surface area contributed by atoms with Crippen molar-refractivity contribution in [1.29, 1.82) is 0 Å². The molecule has 2 rings (SSSR count). The minimum absolute atomic E-state index is 0.919. The molecule has 0 amide bonds. The van der Waals surface area contributed by atoms with E-state index < -0.39 is 0 Å². The maximum absolute atomic E-state index is 5.33. The molecule has 2 heterocycles. The molecule has 0 bridgehead atoms. The Morgan fingerprint density at radius 2 is 2.33 bits per heavy atom. The van der Waals surface area contributed by atoms with Crippen molar-refractivity contribution in [2.75, 3.05) is 32.1 Å². The predicted molar refractivity (Wildman–Crippen MR) is 71.2 cm³/mol. The summed E-state index contributed by atoms with van der Waals surface area (Å²) in [7, 11) is 0. The molecule has 0 N–H and O–H groups in total. The number of thioether (sulfide) groups is 1. The summed E-state index contributed by atoms with van der Waals surface area (Å²) in [6.45, 7) is 7.07. The maximum Gasteiger partial charge on any atom is 0.137 e. The SMILES string of the molecule is CCC1CCCN(CN2CCSC2=S)C1. The van der Waals surface area contributed by atoms with E-state index >= 15 is 0 Å². The third-order valence-electron chi connectivity index (χ3n) is 3.40. The first-order valence-electron chi connectivity index (χ1n) is 5.93. The van der Waals surface area contributed by atoms with Gasteiger partial charge in [-0.25, -0.2) is 0 Å². The van der Waals surface area contributed by atoms with Crippen LogP contribution >= 0.6 is 24.0 Å². The van der Waals surface area contributed by atoms with Crippen molar-refractivity contribution >= 4 is 28.3 Å². The van der Waals surface area contributed by atoms with Gasteiger partial charge in [0, 0.05) is 18.8 Å². The first-order valence-corrected chi connectivity index (χ1v) is 7.33. The van der Waals surface area contributed by atoms with Crippen LogP contribution in [0.25, 0.3) is 0 Å². The first kappa shape index (κ1) is 11.7. The van der Waals surface area contributed by atoms with Gasteiger partial charge in [0.1, 0.15) is 4.32 Å². The number of piperidine rings is 1. The molecule has 2 nitrogen and oxygen atoms in total. The van der Waals surface area contributed by atoms with E-state index in [4.69, 9.17) is 12.2 Å². The van der Waals surface area contributed by atoms with Gasteiger partial charge < -0.3 is 4.90 Å². The lowest BCUT2D eigenvalue weighted by molar-refractivity contribution is 0.128. The van der Waals surface area contributed by atoms with Gasteiger partial charge in [0.25, 0.3) is 0 Å². The lowest BCUT2D eigenvalue weighted by atomic mass is 9.96. The standard InChI is InChI=1S/C11H20N2S2/c1-2-10-4-3-5-12(8-10)9-13-6-7-15-11(13)14/h10H,2-9H2,1H3. The molecule has 2 fully saturated rings. The van der Waals surface area contributed by atoms with Gasteiger partial charge in [-0.3, -0.25) is 4.90 Å². The number of likely N-dealkylation sites (tertiary alicyclic amines) is 1. The highest BCUT2D eigenvalue weighted by Gasteiger charge is 2.23. The lowest BCUT2D eigenvalue weighted by Crippen LogP contribution is -2.43. The fourth-order valence-corrected chi connectivity index (χ4v) is 3.63. The third-order valence-corrected chi connectivity index (χ3v) is 4.90. The van der Waals surface area contributed by atoms with Crippen molar-refractivity contribution in [3.63, 3.8) is 0 Å². The van der Waals surface area contributed by atoms with Crippen LogP contribution in [0, 0.1) is 5.92 Å². The monoisotopic (exact) mass is 244 g/mol. The number of hydrogen-bond acceptors (Lipinski definition) is 3. The molecular formula is C11H20N2S2. The smallest absolute Gasteiger partial charge is 0.137 e. The minimum atomic E-state index is 0.919. The second-order valence-corrected chi connectivity index (χ2v) is 6.24. The van der Waals surface area contributed by atoms with Crippen LogP contribution in [0.2, 0.25) is 0 Å². The molecule has 0 aromatic carbocycles. The summed E-state index contributed by atoms with van der Waals surface area (Å²) in [5.41, 5.74) is 0. The highest BCUT2D eigenvalue weighted by molar-refractivity contribution is 8.23. The van der Waals surface area contributed by atoms with E-state index in [1.54, 1.807) is 0 Å². The predicted octanol–water partition coefficient (Wildman–Crippen LogP) is 2.40. The lowest BCUT2D eigenvalue weighted by Gasteiger charge is -2.35. The Labute approximate surface area is 102 Å². The number of thiocarbonyl (C=S) groups is 1. The molecule has 0 aromatic heterocycles. The van der Waals surface area contributed by atoms with E-state index in [9.17, 15) is 0 Å².